The SMILES string of the molecule is c1ccc(-c2nc3ccc(N4c5ccccc5N(c5ccccc5)c5ccccc54)cn3c2-c2ccccc2)cc1. The van der Waals surface area contributed by atoms with Crippen LogP contribution in [0.1, 0.15) is 0 Å². The maximum Gasteiger partial charge on any atom is 0.138 e. The number of para-hydroxylation sites is 5. The monoisotopic (exact) mass is 526 g/mol. The number of pyridine rings is 1. The molecule has 7 aromatic rings. The highest BCUT2D eigenvalue weighted by Crippen LogP contribution is 2.53. The summed E-state index contributed by atoms with van der Waals surface area (Å²) in [6.07, 6.45) is 2.23. The molecule has 4 nitrogen and oxygen atoms in total. The first-order valence-electron chi connectivity index (χ1n) is 13.8. The molecule has 1 aliphatic rings. The third-order valence-electron chi connectivity index (χ3n) is 7.70. The Balaban J connectivity index is 1.37. The predicted molar refractivity (Wildman–Crippen MR) is 169 cm³/mol. The summed E-state index contributed by atoms with van der Waals surface area (Å²) in [5, 5.41) is 0. The van der Waals surface area contributed by atoms with Crippen LogP contribution < -0.4 is 9.80 Å². The van der Waals surface area contributed by atoms with Crippen molar-refractivity contribution in [3.05, 3.63) is 158 Å². The van der Waals surface area contributed by atoms with Crippen molar-refractivity contribution in [1.29, 1.82) is 0 Å². The molecule has 0 radical (unpaired) electrons. The quantitative estimate of drug-likeness (QED) is 0.228. The van der Waals surface area contributed by atoms with Crippen LogP contribution >= 0.6 is 0 Å². The van der Waals surface area contributed by atoms with Gasteiger partial charge >= 0.3 is 0 Å². The molecule has 4 heteroatoms. The van der Waals surface area contributed by atoms with E-state index in [0.29, 0.717) is 0 Å². The number of imidazole rings is 1. The minimum atomic E-state index is 0.913. The van der Waals surface area contributed by atoms with Crippen molar-refractivity contribution in [2.75, 3.05) is 9.80 Å². The average Bonchev–Trinajstić information content (AvgIpc) is 3.44. The molecule has 0 unspecified atom stereocenters. The van der Waals surface area contributed by atoms with Gasteiger partial charge < -0.3 is 9.80 Å². The van der Waals surface area contributed by atoms with Gasteiger partial charge in [-0.1, -0.05) is 103 Å². The fourth-order valence-electron chi connectivity index (χ4n) is 5.91. The lowest BCUT2D eigenvalue weighted by atomic mass is 10.0. The van der Waals surface area contributed by atoms with Crippen molar-refractivity contribution >= 4 is 39.8 Å². The molecule has 3 heterocycles. The van der Waals surface area contributed by atoms with Crippen LogP contribution in [-0.2, 0) is 0 Å². The number of hydrogen-bond donors (Lipinski definition) is 0. The first-order chi connectivity index (χ1) is 20.4. The molecule has 194 valence electrons. The Morgan fingerprint density at radius 1 is 0.390 bits per heavy atom. The van der Waals surface area contributed by atoms with Gasteiger partial charge in [-0.15, -0.1) is 0 Å². The van der Waals surface area contributed by atoms with Gasteiger partial charge in [-0.05, 0) is 48.5 Å². The maximum atomic E-state index is 5.12. The summed E-state index contributed by atoms with van der Waals surface area (Å²) in [4.78, 5) is 9.83. The predicted octanol–water partition coefficient (Wildman–Crippen LogP) is 9.92. The third kappa shape index (κ3) is 3.80. The zero-order valence-electron chi connectivity index (χ0n) is 22.3. The number of aromatic nitrogens is 2. The lowest BCUT2D eigenvalue weighted by molar-refractivity contribution is 1.13. The molecular weight excluding hydrogens is 500 g/mol. The first-order valence-corrected chi connectivity index (χ1v) is 13.8. The summed E-state index contributed by atoms with van der Waals surface area (Å²) in [5.74, 6) is 0. The summed E-state index contributed by atoms with van der Waals surface area (Å²) >= 11 is 0. The van der Waals surface area contributed by atoms with E-state index in [0.717, 1.165) is 62.3 Å². The van der Waals surface area contributed by atoms with Crippen LogP contribution in [0.25, 0.3) is 28.2 Å². The highest BCUT2D eigenvalue weighted by molar-refractivity contribution is 6.01. The second-order valence-electron chi connectivity index (χ2n) is 10.1. The zero-order valence-corrected chi connectivity index (χ0v) is 22.3. The highest BCUT2D eigenvalue weighted by atomic mass is 15.3. The van der Waals surface area contributed by atoms with E-state index in [1.54, 1.807) is 0 Å². The fraction of sp³-hybridized carbons (Fsp3) is 0. The average molecular weight is 527 g/mol. The van der Waals surface area contributed by atoms with E-state index in [9.17, 15) is 0 Å². The number of rotatable bonds is 4. The first kappa shape index (κ1) is 23.3. The van der Waals surface area contributed by atoms with Gasteiger partial charge in [-0.2, -0.15) is 0 Å². The van der Waals surface area contributed by atoms with Crippen molar-refractivity contribution in [3.63, 3.8) is 0 Å². The van der Waals surface area contributed by atoms with Crippen LogP contribution in [0.3, 0.4) is 0 Å². The van der Waals surface area contributed by atoms with Crippen molar-refractivity contribution < 1.29 is 0 Å². The van der Waals surface area contributed by atoms with Crippen molar-refractivity contribution in [2.24, 2.45) is 0 Å². The van der Waals surface area contributed by atoms with Gasteiger partial charge in [0.15, 0.2) is 0 Å². The summed E-state index contributed by atoms with van der Waals surface area (Å²) in [7, 11) is 0. The number of benzene rings is 5. The van der Waals surface area contributed by atoms with Gasteiger partial charge in [-0.3, -0.25) is 4.40 Å². The van der Waals surface area contributed by atoms with E-state index in [1.807, 2.05) is 6.07 Å². The number of fused-ring (bicyclic) bond motifs is 3. The Hall–Kier alpha value is -5.61. The molecule has 0 aliphatic carbocycles. The molecule has 0 bridgehead atoms. The molecule has 0 saturated heterocycles. The third-order valence-corrected chi connectivity index (χ3v) is 7.70. The van der Waals surface area contributed by atoms with Crippen LogP contribution in [0.2, 0.25) is 0 Å². The lowest BCUT2D eigenvalue weighted by Gasteiger charge is -2.40. The molecule has 2 aromatic heterocycles. The summed E-state index contributed by atoms with van der Waals surface area (Å²) in [6, 6.07) is 53.1. The van der Waals surface area contributed by atoms with Gasteiger partial charge in [0.05, 0.1) is 39.8 Å². The molecule has 5 aromatic carbocycles. The molecule has 41 heavy (non-hydrogen) atoms. The summed E-state index contributed by atoms with van der Waals surface area (Å²) in [6.45, 7) is 0. The van der Waals surface area contributed by atoms with E-state index < -0.39 is 0 Å². The number of anilines is 6. The Morgan fingerprint density at radius 3 is 1.41 bits per heavy atom. The van der Waals surface area contributed by atoms with Gasteiger partial charge in [0, 0.05) is 23.0 Å². The van der Waals surface area contributed by atoms with Crippen LogP contribution in [-0.4, -0.2) is 9.38 Å². The molecule has 8 rings (SSSR count). The maximum absolute atomic E-state index is 5.12. The van der Waals surface area contributed by atoms with Crippen LogP contribution in [0.15, 0.2) is 158 Å². The van der Waals surface area contributed by atoms with Crippen molar-refractivity contribution in [2.45, 2.75) is 0 Å². The number of hydrogen-bond acceptors (Lipinski definition) is 3. The largest absolute Gasteiger partial charge is 0.306 e. The Bertz CT molecular complexity index is 1950. The molecule has 0 spiro atoms. The van der Waals surface area contributed by atoms with Crippen LogP contribution in [0.5, 0.6) is 0 Å². The van der Waals surface area contributed by atoms with Gasteiger partial charge in [0.25, 0.3) is 0 Å². The second kappa shape index (κ2) is 9.54. The van der Waals surface area contributed by atoms with Gasteiger partial charge in [0.2, 0.25) is 0 Å². The second-order valence-corrected chi connectivity index (χ2v) is 10.1. The molecule has 0 N–H and O–H groups in total. The molecule has 0 saturated carbocycles. The smallest absolute Gasteiger partial charge is 0.138 e. The van der Waals surface area contributed by atoms with E-state index >= 15 is 0 Å². The van der Waals surface area contributed by atoms with E-state index in [-0.39, 0.29) is 0 Å². The highest BCUT2D eigenvalue weighted by Gasteiger charge is 2.30. The minimum Gasteiger partial charge on any atom is -0.306 e. The van der Waals surface area contributed by atoms with E-state index in [2.05, 4.69) is 166 Å². The molecular formula is C37H26N4. The van der Waals surface area contributed by atoms with Gasteiger partial charge in [-0.25, -0.2) is 4.98 Å². The molecule has 0 fully saturated rings. The zero-order chi connectivity index (χ0) is 27.2. The van der Waals surface area contributed by atoms with Crippen molar-refractivity contribution in [1.82, 2.24) is 9.38 Å². The molecule has 0 atom stereocenters. The topological polar surface area (TPSA) is 23.8 Å². The number of nitrogens with zero attached hydrogens (tertiary/aromatic N) is 4. The standard InChI is InChI=1S/C37H26N4/c1-4-14-27(15-5-1)36-37(28-16-6-2-7-17-28)39-26-30(24-25-35(39)38-36)41-33-22-12-10-20-31(33)40(29-18-8-3-9-19-29)32-21-11-13-23-34(32)41/h1-26H. The minimum absolute atomic E-state index is 0.913. The van der Waals surface area contributed by atoms with Crippen molar-refractivity contribution in [3.8, 4) is 22.5 Å². The summed E-state index contributed by atoms with van der Waals surface area (Å²) in [5.41, 5.74) is 11.9. The van der Waals surface area contributed by atoms with Crippen LogP contribution in [0, 0.1) is 0 Å². The normalized spacial score (nSPS) is 12.3. The van der Waals surface area contributed by atoms with Crippen LogP contribution in [0.4, 0.5) is 34.1 Å². The summed E-state index contributed by atoms with van der Waals surface area (Å²) < 4.78 is 2.24. The lowest BCUT2D eigenvalue weighted by Crippen LogP contribution is -2.24. The Labute approximate surface area is 239 Å². The Morgan fingerprint density at radius 2 is 0.854 bits per heavy atom. The van der Waals surface area contributed by atoms with Gasteiger partial charge in [0.1, 0.15) is 5.65 Å². The van der Waals surface area contributed by atoms with E-state index in [4.69, 9.17) is 4.98 Å². The molecule has 0 amide bonds. The molecule has 1 aliphatic heterocycles. The Kier molecular flexibility index (Phi) is 5.42. The van der Waals surface area contributed by atoms with E-state index in [1.165, 1.54) is 0 Å². The fourth-order valence-corrected chi connectivity index (χ4v) is 5.91.